The van der Waals surface area contributed by atoms with Crippen LogP contribution in [0.5, 0.6) is 0 Å². The van der Waals surface area contributed by atoms with Crippen LogP contribution in [-0.4, -0.2) is 21.0 Å². The Morgan fingerprint density at radius 1 is 1.30 bits per heavy atom. The normalized spacial score (nSPS) is 13.3. The average molecular weight is 308 g/mol. The van der Waals surface area contributed by atoms with Crippen LogP contribution in [0.25, 0.3) is 11.1 Å². The van der Waals surface area contributed by atoms with Crippen molar-refractivity contribution < 1.29 is 9.32 Å². The van der Waals surface area contributed by atoms with Crippen molar-refractivity contribution in [2.45, 2.75) is 33.1 Å². The largest absolute Gasteiger partial charge is 0.336 e. The Bertz CT molecular complexity index is 930. The van der Waals surface area contributed by atoms with Crippen LogP contribution in [0, 0.1) is 13.8 Å². The van der Waals surface area contributed by atoms with Crippen molar-refractivity contribution in [3.63, 3.8) is 0 Å². The lowest BCUT2D eigenvalue weighted by Crippen LogP contribution is -2.17. The number of aromatic nitrogens is 3. The SMILES string of the molecule is Cc1cccnc1NC(=O)c1c2c(nc3onc(C)c13)CCC2. The molecule has 1 N–H and O–H groups in total. The molecule has 1 aliphatic rings. The van der Waals surface area contributed by atoms with E-state index in [9.17, 15) is 4.79 Å². The summed E-state index contributed by atoms with van der Waals surface area (Å²) in [4.78, 5) is 21.7. The van der Waals surface area contributed by atoms with Crippen molar-refractivity contribution in [2.75, 3.05) is 5.32 Å². The van der Waals surface area contributed by atoms with E-state index in [1.165, 1.54) is 0 Å². The zero-order valence-corrected chi connectivity index (χ0v) is 13.0. The molecule has 0 fully saturated rings. The smallest absolute Gasteiger partial charge is 0.259 e. The van der Waals surface area contributed by atoms with Crippen LogP contribution in [0.2, 0.25) is 0 Å². The molecular formula is C17H16N4O2. The standard InChI is InChI=1S/C17H16N4O2/c1-9-5-4-8-18-15(9)20-16(22)14-11-6-3-7-12(11)19-17-13(14)10(2)21-23-17/h4-5,8H,3,6-7H2,1-2H3,(H,18,20,22). The van der Waals surface area contributed by atoms with Gasteiger partial charge in [0.1, 0.15) is 5.82 Å². The van der Waals surface area contributed by atoms with E-state index in [-0.39, 0.29) is 5.91 Å². The molecule has 0 spiro atoms. The third kappa shape index (κ3) is 2.18. The number of rotatable bonds is 2. The van der Waals surface area contributed by atoms with Crippen LogP contribution < -0.4 is 5.32 Å². The lowest BCUT2D eigenvalue weighted by Gasteiger charge is -2.11. The number of hydrogen-bond acceptors (Lipinski definition) is 5. The predicted octanol–water partition coefficient (Wildman–Crippen LogP) is 2.98. The molecule has 0 aliphatic heterocycles. The average Bonchev–Trinajstić information content (AvgIpc) is 3.14. The summed E-state index contributed by atoms with van der Waals surface area (Å²) in [5.41, 5.74) is 4.62. The molecule has 0 unspecified atom stereocenters. The molecule has 0 saturated heterocycles. The van der Waals surface area contributed by atoms with Crippen LogP contribution in [0.4, 0.5) is 5.82 Å². The number of pyridine rings is 2. The van der Waals surface area contributed by atoms with E-state index in [0.717, 1.165) is 36.1 Å². The van der Waals surface area contributed by atoms with E-state index in [0.29, 0.717) is 28.2 Å². The summed E-state index contributed by atoms with van der Waals surface area (Å²) in [5, 5.41) is 7.59. The number of nitrogens with one attached hydrogen (secondary N) is 1. The van der Waals surface area contributed by atoms with Crippen LogP contribution in [0.1, 0.15) is 39.3 Å². The molecule has 1 amide bonds. The van der Waals surface area contributed by atoms with Crippen LogP contribution >= 0.6 is 0 Å². The third-order valence-electron chi connectivity index (χ3n) is 4.29. The maximum absolute atomic E-state index is 12.9. The minimum atomic E-state index is -0.177. The quantitative estimate of drug-likeness (QED) is 0.787. The highest BCUT2D eigenvalue weighted by atomic mass is 16.5. The first kappa shape index (κ1) is 13.9. The van der Waals surface area contributed by atoms with Crippen LogP contribution in [-0.2, 0) is 12.8 Å². The molecule has 0 bridgehead atoms. The van der Waals surface area contributed by atoms with Crippen LogP contribution in [0.15, 0.2) is 22.9 Å². The Labute approximate surface area is 132 Å². The lowest BCUT2D eigenvalue weighted by atomic mass is 10.0. The van der Waals surface area contributed by atoms with Gasteiger partial charge in [-0.3, -0.25) is 4.79 Å². The van der Waals surface area contributed by atoms with Gasteiger partial charge in [-0.05, 0) is 50.3 Å². The van der Waals surface area contributed by atoms with Crippen LogP contribution in [0.3, 0.4) is 0 Å². The molecule has 1 aliphatic carbocycles. The minimum Gasteiger partial charge on any atom is -0.336 e. The Morgan fingerprint density at radius 3 is 3.00 bits per heavy atom. The molecule has 0 aromatic carbocycles. The predicted molar refractivity (Wildman–Crippen MR) is 85.5 cm³/mol. The lowest BCUT2D eigenvalue weighted by molar-refractivity contribution is 0.102. The van der Waals surface area contributed by atoms with Crippen molar-refractivity contribution in [2.24, 2.45) is 0 Å². The maximum Gasteiger partial charge on any atom is 0.259 e. The first-order valence-corrected chi connectivity index (χ1v) is 7.66. The van der Waals surface area contributed by atoms with E-state index < -0.39 is 0 Å². The van der Waals surface area contributed by atoms with Crippen molar-refractivity contribution >= 4 is 22.8 Å². The van der Waals surface area contributed by atoms with Crippen molar-refractivity contribution in [3.8, 4) is 0 Å². The maximum atomic E-state index is 12.9. The Balaban J connectivity index is 1.86. The molecule has 23 heavy (non-hydrogen) atoms. The third-order valence-corrected chi connectivity index (χ3v) is 4.29. The molecule has 0 saturated carbocycles. The first-order chi connectivity index (χ1) is 11.1. The molecule has 6 nitrogen and oxygen atoms in total. The fraction of sp³-hybridized carbons (Fsp3) is 0.294. The number of carbonyl (C=O) groups excluding carboxylic acids is 1. The fourth-order valence-electron chi connectivity index (χ4n) is 3.15. The monoisotopic (exact) mass is 308 g/mol. The molecule has 116 valence electrons. The van der Waals surface area contributed by atoms with Gasteiger partial charge in [0.15, 0.2) is 0 Å². The zero-order chi connectivity index (χ0) is 16.0. The van der Waals surface area contributed by atoms with E-state index in [1.807, 2.05) is 26.0 Å². The Morgan fingerprint density at radius 2 is 2.17 bits per heavy atom. The fourth-order valence-corrected chi connectivity index (χ4v) is 3.15. The van der Waals surface area contributed by atoms with E-state index >= 15 is 0 Å². The number of hydrogen-bond donors (Lipinski definition) is 1. The van der Waals surface area contributed by atoms with Gasteiger partial charge < -0.3 is 9.84 Å². The minimum absolute atomic E-state index is 0.177. The van der Waals surface area contributed by atoms with Crippen molar-refractivity contribution in [1.82, 2.24) is 15.1 Å². The van der Waals surface area contributed by atoms with Crippen molar-refractivity contribution in [3.05, 3.63) is 46.4 Å². The first-order valence-electron chi connectivity index (χ1n) is 7.66. The van der Waals surface area contributed by atoms with Gasteiger partial charge in [-0.1, -0.05) is 11.2 Å². The van der Waals surface area contributed by atoms with Gasteiger partial charge in [0, 0.05) is 11.9 Å². The number of nitrogens with zero attached hydrogens (tertiary/aromatic N) is 3. The molecular weight excluding hydrogens is 292 g/mol. The summed E-state index contributed by atoms with van der Waals surface area (Å²) in [6, 6.07) is 3.76. The van der Waals surface area contributed by atoms with Gasteiger partial charge in [0.25, 0.3) is 11.6 Å². The van der Waals surface area contributed by atoms with Gasteiger partial charge in [0.05, 0.1) is 16.6 Å². The van der Waals surface area contributed by atoms with Gasteiger partial charge in [-0.2, -0.15) is 0 Å². The Kier molecular flexibility index (Phi) is 3.11. The summed E-state index contributed by atoms with van der Waals surface area (Å²) in [5.74, 6) is 0.395. The van der Waals surface area contributed by atoms with Gasteiger partial charge >= 0.3 is 0 Å². The van der Waals surface area contributed by atoms with E-state index in [1.54, 1.807) is 6.20 Å². The van der Waals surface area contributed by atoms with Gasteiger partial charge in [-0.25, -0.2) is 9.97 Å². The highest BCUT2D eigenvalue weighted by Crippen LogP contribution is 2.32. The molecule has 3 aromatic heterocycles. The summed E-state index contributed by atoms with van der Waals surface area (Å²) in [7, 11) is 0. The van der Waals surface area contributed by atoms with E-state index in [4.69, 9.17) is 4.52 Å². The Hall–Kier alpha value is -2.76. The molecule has 0 atom stereocenters. The molecule has 3 heterocycles. The molecule has 3 aromatic rings. The highest BCUT2D eigenvalue weighted by Gasteiger charge is 2.27. The highest BCUT2D eigenvalue weighted by molar-refractivity contribution is 6.13. The van der Waals surface area contributed by atoms with Gasteiger partial charge in [-0.15, -0.1) is 0 Å². The number of aryl methyl sites for hydroxylation is 3. The second-order valence-electron chi connectivity index (χ2n) is 5.84. The van der Waals surface area contributed by atoms with E-state index in [2.05, 4.69) is 20.4 Å². The van der Waals surface area contributed by atoms with Gasteiger partial charge in [0.2, 0.25) is 0 Å². The number of fused-ring (bicyclic) bond motifs is 2. The summed E-state index contributed by atoms with van der Waals surface area (Å²) >= 11 is 0. The summed E-state index contributed by atoms with van der Waals surface area (Å²) in [6.45, 7) is 3.75. The van der Waals surface area contributed by atoms with Crippen molar-refractivity contribution in [1.29, 1.82) is 0 Å². The summed E-state index contributed by atoms with van der Waals surface area (Å²) < 4.78 is 5.28. The molecule has 0 radical (unpaired) electrons. The topological polar surface area (TPSA) is 80.9 Å². The zero-order valence-electron chi connectivity index (χ0n) is 13.0. The number of anilines is 1. The summed E-state index contributed by atoms with van der Waals surface area (Å²) in [6.07, 6.45) is 4.39. The number of amides is 1. The second kappa shape index (κ2) is 5.15. The molecule has 4 rings (SSSR count). The number of carbonyl (C=O) groups is 1. The second-order valence-corrected chi connectivity index (χ2v) is 5.84. The molecule has 6 heteroatoms.